The Hall–Kier alpha value is -3.65. The fraction of sp³-hybridized carbons (Fsp3) is 0.265. The zero-order valence-corrected chi connectivity index (χ0v) is 22.5. The summed E-state index contributed by atoms with van der Waals surface area (Å²) in [6, 6.07) is 38.8. The summed E-state index contributed by atoms with van der Waals surface area (Å²) in [5.74, 6) is 0. The van der Waals surface area contributed by atoms with Crippen LogP contribution in [0.4, 0.5) is 0 Å². The van der Waals surface area contributed by atoms with Crippen LogP contribution in [0.5, 0.6) is 0 Å². The molecule has 40 heavy (non-hydrogen) atoms. The molecule has 0 saturated heterocycles. The summed E-state index contributed by atoms with van der Waals surface area (Å²) >= 11 is 0. The van der Waals surface area contributed by atoms with E-state index in [0.29, 0.717) is 0 Å². The Morgan fingerprint density at radius 3 is 1.23 bits per heavy atom. The van der Waals surface area contributed by atoms with Crippen molar-refractivity contribution in [3.05, 3.63) is 144 Å². The largest absolute Gasteiger partial charge is 0.394 e. The first-order chi connectivity index (χ1) is 19.8. The molecular formula is C34H36O6. The Balaban J connectivity index is 1.60. The number of benzene rings is 4. The molecule has 6 nitrogen and oxygen atoms in total. The Bertz CT molecular complexity index is 1220. The van der Waals surface area contributed by atoms with Crippen LogP contribution >= 0.6 is 0 Å². The molecule has 4 aromatic carbocycles. The van der Waals surface area contributed by atoms with Crippen LogP contribution in [0.2, 0.25) is 0 Å². The molecule has 1 N–H and O–H groups in total. The molecule has 208 valence electrons. The van der Waals surface area contributed by atoms with Crippen molar-refractivity contribution >= 4 is 6.29 Å². The van der Waals surface area contributed by atoms with E-state index in [1.165, 1.54) is 0 Å². The average molecular weight is 541 g/mol. The predicted molar refractivity (Wildman–Crippen MR) is 153 cm³/mol. The quantitative estimate of drug-likeness (QED) is 0.178. The third kappa shape index (κ3) is 9.23. The van der Waals surface area contributed by atoms with E-state index in [1.807, 2.05) is 121 Å². The molecule has 0 amide bonds. The van der Waals surface area contributed by atoms with Crippen molar-refractivity contribution in [2.24, 2.45) is 0 Å². The zero-order valence-electron chi connectivity index (χ0n) is 22.5. The number of hydrogen-bond donors (Lipinski definition) is 1. The van der Waals surface area contributed by atoms with Gasteiger partial charge in [0.15, 0.2) is 6.29 Å². The van der Waals surface area contributed by atoms with Crippen LogP contribution in [0.3, 0.4) is 0 Å². The lowest BCUT2D eigenvalue weighted by atomic mass is 10.0. The van der Waals surface area contributed by atoms with Crippen LogP contribution in [0.15, 0.2) is 121 Å². The van der Waals surface area contributed by atoms with E-state index in [2.05, 4.69) is 0 Å². The van der Waals surface area contributed by atoms with Crippen LogP contribution in [0.1, 0.15) is 22.3 Å². The molecule has 0 bridgehead atoms. The maximum absolute atomic E-state index is 12.5. The highest BCUT2D eigenvalue weighted by Crippen LogP contribution is 2.22. The number of hydrogen-bond acceptors (Lipinski definition) is 6. The molecule has 4 atom stereocenters. The molecule has 0 spiro atoms. The summed E-state index contributed by atoms with van der Waals surface area (Å²) in [6.07, 6.45) is -2.70. The SMILES string of the molecule is O=C[C@@H](OCc1ccccc1)[C@H](OCc1ccccc1)[C@@H](OCc1ccccc1)[C@H](CO)OCc1ccccc1. The van der Waals surface area contributed by atoms with Gasteiger partial charge in [0.05, 0.1) is 33.0 Å². The second-order valence-corrected chi connectivity index (χ2v) is 9.44. The molecule has 0 heterocycles. The minimum Gasteiger partial charge on any atom is -0.394 e. The van der Waals surface area contributed by atoms with Gasteiger partial charge in [-0.15, -0.1) is 0 Å². The number of carbonyl (C=O) groups excluding carboxylic acids is 1. The van der Waals surface area contributed by atoms with Gasteiger partial charge in [-0.1, -0.05) is 121 Å². The summed E-state index contributed by atoms with van der Waals surface area (Å²) in [7, 11) is 0. The first-order valence-corrected chi connectivity index (χ1v) is 13.4. The Morgan fingerprint density at radius 1 is 0.500 bits per heavy atom. The van der Waals surface area contributed by atoms with Gasteiger partial charge in [0, 0.05) is 0 Å². The van der Waals surface area contributed by atoms with Gasteiger partial charge in [-0.2, -0.15) is 0 Å². The molecular weight excluding hydrogens is 504 g/mol. The van der Waals surface area contributed by atoms with E-state index < -0.39 is 24.4 Å². The van der Waals surface area contributed by atoms with Crippen LogP contribution < -0.4 is 0 Å². The van der Waals surface area contributed by atoms with Crippen molar-refractivity contribution in [2.45, 2.75) is 50.8 Å². The summed E-state index contributed by atoms with van der Waals surface area (Å²) in [4.78, 5) is 12.5. The number of aliphatic hydroxyl groups excluding tert-OH is 1. The van der Waals surface area contributed by atoms with E-state index in [-0.39, 0.29) is 33.0 Å². The first kappa shape index (κ1) is 29.3. The van der Waals surface area contributed by atoms with Crippen LogP contribution in [0.25, 0.3) is 0 Å². The highest BCUT2D eigenvalue weighted by Gasteiger charge is 2.38. The fourth-order valence-corrected chi connectivity index (χ4v) is 4.33. The van der Waals surface area contributed by atoms with Gasteiger partial charge < -0.3 is 28.8 Å². The molecule has 0 aromatic heterocycles. The number of aliphatic hydroxyl groups is 1. The predicted octanol–water partition coefficient (Wildman–Crippen LogP) is 5.52. The third-order valence-corrected chi connectivity index (χ3v) is 6.49. The molecule has 0 saturated carbocycles. The number of ether oxygens (including phenoxy) is 4. The normalized spacial score (nSPS) is 14.2. The summed E-state index contributed by atoms with van der Waals surface area (Å²) < 4.78 is 25.1. The van der Waals surface area contributed by atoms with E-state index >= 15 is 0 Å². The Morgan fingerprint density at radius 2 is 0.850 bits per heavy atom. The van der Waals surface area contributed by atoms with Gasteiger partial charge in [0.2, 0.25) is 0 Å². The Kier molecular flexibility index (Phi) is 12.1. The third-order valence-electron chi connectivity index (χ3n) is 6.49. The van der Waals surface area contributed by atoms with Gasteiger partial charge in [-0.05, 0) is 22.3 Å². The van der Waals surface area contributed by atoms with Crippen molar-refractivity contribution in [1.29, 1.82) is 0 Å². The lowest BCUT2D eigenvalue weighted by Gasteiger charge is -2.35. The fourth-order valence-electron chi connectivity index (χ4n) is 4.33. The van der Waals surface area contributed by atoms with Crippen molar-refractivity contribution in [3.8, 4) is 0 Å². The number of carbonyl (C=O) groups is 1. The van der Waals surface area contributed by atoms with Gasteiger partial charge in [-0.3, -0.25) is 0 Å². The second kappa shape index (κ2) is 16.5. The summed E-state index contributed by atoms with van der Waals surface area (Å²) in [5.41, 5.74) is 3.77. The smallest absolute Gasteiger partial charge is 0.151 e. The van der Waals surface area contributed by atoms with Crippen LogP contribution in [-0.2, 0) is 50.2 Å². The molecule has 4 aromatic rings. The highest BCUT2D eigenvalue weighted by atomic mass is 16.6. The highest BCUT2D eigenvalue weighted by molar-refractivity contribution is 5.57. The zero-order chi connectivity index (χ0) is 27.8. The van der Waals surface area contributed by atoms with Gasteiger partial charge in [0.1, 0.15) is 24.4 Å². The van der Waals surface area contributed by atoms with Gasteiger partial charge in [-0.25, -0.2) is 0 Å². The lowest BCUT2D eigenvalue weighted by Crippen LogP contribution is -2.51. The van der Waals surface area contributed by atoms with Gasteiger partial charge >= 0.3 is 0 Å². The minimum atomic E-state index is -0.973. The molecule has 0 radical (unpaired) electrons. The standard InChI is InChI=1S/C34H36O6/c35-21-31(37-23-27-13-5-1-6-14-27)33(39-25-29-17-9-3-10-18-29)34(40-26-30-19-11-4-12-20-30)32(22-36)38-24-28-15-7-2-8-16-28/h1-21,31-34,36H,22-26H2/t31-,32+,33+,34+/m1/s1. The summed E-state index contributed by atoms with van der Waals surface area (Å²) in [5, 5.41) is 10.5. The van der Waals surface area contributed by atoms with Crippen molar-refractivity contribution in [2.75, 3.05) is 6.61 Å². The first-order valence-electron chi connectivity index (χ1n) is 13.4. The Labute approximate surface area is 236 Å². The second-order valence-electron chi connectivity index (χ2n) is 9.44. The topological polar surface area (TPSA) is 74.2 Å². The maximum atomic E-state index is 12.5. The van der Waals surface area contributed by atoms with Crippen molar-refractivity contribution in [1.82, 2.24) is 0 Å². The van der Waals surface area contributed by atoms with Crippen LogP contribution in [0, 0.1) is 0 Å². The number of aldehydes is 1. The van der Waals surface area contributed by atoms with Crippen molar-refractivity contribution in [3.63, 3.8) is 0 Å². The lowest BCUT2D eigenvalue weighted by molar-refractivity contribution is -0.194. The molecule has 0 aliphatic carbocycles. The molecule has 4 rings (SSSR count). The maximum Gasteiger partial charge on any atom is 0.151 e. The van der Waals surface area contributed by atoms with E-state index in [0.717, 1.165) is 28.5 Å². The molecule has 0 unspecified atom stereocenters. The van der Waals surface area contributed by atoms with Gasteiger partial charge in [0.25, 0.3) is 0 Å². The average Bonchev–Trinajstić information content (AvgIpc) is 3.02. The summed E-state index contributed by atoms with van der Waals surface area (Å²) in [6.45, 7) is 0.620. The van der Waals surface area contributed by atoms with E-state index in [9.17, 15) is 9.90 Å². The van der Waals surface area contributed by atoms with E-state index in [4.69, 9.17) is 18.9 Å². The minimum absolute atomic E-state index is 0.218. The van der Waals surface area contributed by atoms with Crippen molar-refractivity contribution < 1.29 is 28.8 Å². The molecule has 0 fully saturated rings. The molecule has 6 heteroatoms. The van der Waals surface area contributed by atoms with Crippen LogP contribution in [-0.4, -0.2) is 42.4 Å². The number of rotatable bonds is 17. The molecule has 0 aliphatic heterocycles. The molecule has 0 aliphatic rings. The van der Waals surface area contributed by atoms with E-state index in [1.54, 1.807) is 0 Å². The monoisotopic (exact) mass is 540 g/mol.